The van der Waals surface area contributed by atoms with Gasteiger partial charge in [-0.15, -0.1) is 0 Å². The maximum absolute atomic E-state index is 13.6. The molecular weight excluding hydrogens is 615 g/mol. The number of aromatic amines is 2. The first-order valence-corrected chi connectivity index (χ1v) is 14.8. The van der Waals surface area contributed by atoms with Crippen molar-refractivity contribution >= 4 is 49.6 Å². The minimum absolute atomic E-state index is 0.0117. The summed E-state index contributed by atoms with van der Waals surface area (Å²) in [5.74, 6) is -1.79. The molecule has 42 heavy (non-hydrogen) atoms. The van der Waals surface area contributed by atoms with Gasteiger partial charge in [-0.2, -0.15) is 18.3 Å². The van der Waals surface area contributed by atoms with E-state index >= 15 is 0 Å². The zero-order valence-corrected chi connectivity index (χ0v) is 24.2. The molecule has 0 unspecified atom stereocenters. The highest BCUT2D eigenvalue weighted by atomic mass is 79.9. The van der Waals surface area contributed by atoms with Gasteiger partial charge < -0.3 is 14.8 Å². The molecule has 2 aliphatic heterocycles. The number of benzene rings is 2. The number of piperidine rings is 1. The van der Waals surface area contributed by atoms with E-state index in [1.807, 2.05) is 36.4 Å². The van der Waals surface area contributed by atoms with E-state index in [0.717, 1.165) is 25.8 Å². The van der Waals surface area contributed by atoms with Crippen LogP contribution in [0.4, 0.5) is 13.2 Å². The topological polar surface area (TPSA) is 102 Å². The summed E-state index contributed by atoms with van der Waals surface area (Å²) in [7, 11) is 0. The molecule has 2 aromatic carbocycles. The van der Waals surface area contributed by atoms with Gasteiger partial charge in [-0.05, 0) is 82.2 Å². The molecule has 1 atom stereocenters. The normalized spacial score (nSPS) is 18.8. The van der Waals surface area contributed by atoms with Gasteiger partial charge in [0.25, 0.3) is 5.56 Å². The molecule has 2 N–H and O–H groups in total. The Kier molecular flexibility index (Phi) is 7.59. The van der Waals surface area contributed by atoms with E-state index in [0.29, 0.717) is 54.4 Å². The highest BCUT2D eigenvalue weighted by Gasteiger charge is 2.38. The number of H-pyrrole nitrogens is 2. The number of rotatable bonds is 4. The number of aromatic nitrogens is 3. The molecule has 220 valence electrons. The van der Waals surface area contributed by atoms with Crippen LogP contribution in [-0.4, -0.2) is 62.6 Å². The Bertz CT molecular complexity index is 1720. The summed E-state index contributed by atoms with van der Waals surface area (Å²) in [5, 5.41) is 8.51. The summed E-state index contributed by atoms with van der Waals surface area (Å²) >= 11 is 3.51. The molecule has 2 aromatic heterocycles. The summed E-state index contributed by atoms with van der Waals surface area (Å²) in [6.45, 7) is -0.779. The van der Waals surface area contributed by atoms with Gasteiger partial charge in [0.2, 0.25) is 11.8 Å². The van der Waals surface area contributed by atoms with Crippen LogP contribution in [0.5, 0.6) is 0 Å². The molecule has 4 aromatic rings. The standard InChI is InChI=1S/C30H29BrF3N5O3/c31-24-12-18-5-6-20(29(42)39(16-30(32,33)34)15-23(18)22-14-35-37-27(22)24)13-26(40)38-9-7-17(8-10-38)21-11-19-3-1-2-4-25(19)36-28(21)41/h1-4,11-12,14,17,20H,5-10,13,15-16H2,(H,35,37)(H,36,41)/t20-/m0/s1. The Morgan fingerprint density at radius 2 is 1.86 bits per heavy atom. The van der Waals surface area contributed by atoms with Crippen LogP contribution in [0.1, 0.15) is 48.3 Å². The van der Waals surface area contributed by atoms with Crippen LogP contribution in [-0.2, 0) is 22.6 Å². The molecule has 0 spiro atoms. The number of amides is 2. The summed E-state index contributed by atoms with van der Waals surface area (Å²) in [4.78, 5) is 45.1. The molecule has 0 radical (unpaired) electrons. The van der Waals surface area contributed by atoms with E-state index in [1.165, 1.54) is 0 Å². The number of para-hydroxylation sites is 1. The number of hydrogen-bond acceptors (Lipinski definition) is 4. The summed E-state index contributed by atoms with van der Waals surface area (Å²) in [6.07, 6.45) is -1.29. The number of aryl methyl sites for hydroxylation is 1. The van der Waals surface area contributed by atoms with E-state index < -0.39 is 24.5 Å². The van der Waals surface area contributed by atoms with Crippen molar-refractivity contribution < 1.29 is 22.8 Å². The van der Waals surface area contributed by atoms with Gasteiger partial charge in [0, 0.05) is 52.9 Å². The van der Waals surface area contributed by atoms with Gasteiger partial charge >= 0.3 is 6.18 Å². The highest BCUT2D eigenvalue weighted by Crippen LogP contribution is 2.35. The number of fused-ring (bicyclic) bond motifs is 4. The van der Waals surface area contributed by atoms with E-state index in [4.69, 9.17) is 0 Å². The SMILES string of the molecule is O=C(C[C@@H]1CCc2cc(Br)c3[nH]ncc3c2CN(CC(F)(F)F)C1=O)N1CCC(c2cc3ccccc3[nH]c2=O)CC1. The molecule has 12 heteroatoms. The molecular formula is C30H29BrF3N5O3. The monoisotopic (exact) mass is 643 g/mol. The van der Waals surface area contributed by atoms with Crippen molar-refractivity contribution in [1.82, 2.24) is 25.0 Å². The van der Waals surface area contributed by atoms with Gasteiger partial charge in [-0.1, -0.05) is 18.2 Å². The summed E-state index contributed by atoms with van der Waals surface area (Å²) < 4.78 is 41.5. The predicted molar refractivity (Wildman–Crippen MR) is 155 cm³/mol. The third kappa shape index (κ3) is 5.68. The molecule has 0 bridgehead atoms. The van der Waals surface area contributed by atoms with Gasteiger partial charge in [-0.3, -0.25) is 19.5 Å². The predicted octanol–water partition coefficient (Wildman–Crippen LogP) is 5.42. The van der Waals surface area contributed by atoms with Crippen molar-refractivity contribution in [3.05, 3.63) is 74.1 Å². The van der Waals surface area contributed by atoms with Crippen LogP contribution in [0.25, 0.3) is 21.8 Å². The van der Waals surface area contributed by atoms with E-state index in [-0.39, 0.29) is 36.8 Å². The quantitative estimate of drug-likeness (QED) is 0.310. The number of halogens is 4. The first kappa shape index (κ1) is 28.4. The Morgan fingerprint density at radius 1 is 1.10 bits per heavy atom. The van der Waals surface area contributed by atoms with Crippen LogP contribution in [0.2, 0.25) is 0 Å². The van der Waals surface area contributed by atoms with Crippen molar-refractivity contribution in [2.24, 2.45) is 5.92 Å². The fourth-order valence-corrected chi connectivity index (χ4v) is 6.94. The first-order chi connectivity index (χ1) is 20.1. The molecule has 0 aliphatic carbocycles. The minimum Gasteiger partial charge on any atom is -0.343 e. The van der Waals surface area contributed by atoms with Crippen molar-refractivity contribution in [2.45, 2.75) is 50.7 Å². The maximum atomic E-state index is 13.6. The van der Waals surface area contributed by atoms with Gasteiger partial charge in [0.15, 0.2) is 0 Å². The lowest BCUT2D eigenvalue weighted by Crippen LogP contribution is -2.45. The van der Waals surface area contributed by atoms with Crippen LogP contribution >= 0.6 is 15.9 Å². The Balaban J connectivity index is 1.18. The first-order valence-electron chi connectivity index (χ1n) is 14.0. The fourth-order valence-electron chi connectivity index (χ4n) is 6.36. The second-order valence-corrected chi connectivity index (χ2v) is 12.1. The van der Waals surface area contributed by atoms with Crippen molar-refractivity contribution in [2.75, 3.05) is 19.6 Å². The van der Waals surface area contributed by atoms with Crippen LogP contribution in [0.3, 0.4) is 0 Å². The lowest BCUT2D eigenvalue weighted by Gasteiger charge is -2.35. The van der Waals surface area contributed by atoms with Gasteiger partial charge in [-0.25, -0.2) is 0 Å². The third-order valence-corrected chi connectivity index (χ3v) is 9.15. The van der Waals surface area contributed by atoms with Gasteiger partial charge in [0.1, 0.15) is 6.54 Å². The lowest BCUT2D eigenvalue weighted by molar-refractivity contribution is -0.166. The zero-order valence-electron chi connectivity index (χ0n) is 22.6. The molecule has 1 saturated heterocycles. The molecule has 8 nitrogen and oxygen atoms in total. The van der Waals surface area contributed by atoms with Crippen molar-refractivity contribution in [3.63, 3.8) is 0 Å². The maximum Gasteiger partial charge on any atom is 0.406 e. The molecule has 2 aliphatic rings. The Labute approximate surface area is 247 Å². The molecule has 2 amide bonds. The van der Waals surface area contributed by atoms with E-state index in [2.05, 4.69) is 31.1 Å². The van der Waals surface area contributed by atoms with Crippen molar-refractivity contribution in [1.29, 1.82) is 0 Å². The average molecular weight is 644 g/mol. The number of nitrogens with zero attached hydrogens (tertiary/aromatic N) is 3. The molecule has 1 fully saturated rings. The number of likely N-dealkylation sites (tertiary alicyclic amines) is 1. The number of alkyl halides is 3. The van der Waals surface area contributed by atoms with Crippen molar-refractivity contribution in [3.8, 4) is 0 Å². The summed E-state index contributed by atoms with van der Waals surface area (Å²) in [6, 6.07) is 11.3. The second-order valence-electron chi connectivity index (χ2n) is 11.2. The number of carbonyl (C=O) groups excluding carboxylic acids is 2. The molecule has 0 saturated carbocycles. The zero-order chi connectivity index (χ0) is 29.6. The van der Waals surface area contributed by atoms with Crippen LogP contribution < -0.4 is 5.56 Å². The van der Waals surface area contributed by atoms with Crippen LogP contribution in [0.15, 0.2) is 51.9 Å². The largest absolute Gasteiger partial charge is 0.406 e. The average Bonchev–Trinajstić information content (AvgIpc) is 3.45. The van der Waals surface area contributed by atoms with E-state index in [1.54, 1.807) is 11.1 Å². The molecule has 6 rings (SSSR count). The molecule has 4 heterocycles. The number of pyridine rings is 1. The third-order valence-electron chi connectivity index (χ3n) is 8.52. The summed E-state index contributed by atoms with van der Waals surface area (Å²) in [5.41, 5.74) is 3.45. The number of carbonyl (C=O) groups is 2. The Hall–Kier alpha value is -3.67. The Morgan fingerprint density at radius 3 is 2.62 bits per heavy atom. The van der Waals surface area contributed by atoms with Gasteiger partial charge in [0.05, 0.1) is 11.7 Å². The highest BCUT2D eigenvalue weighted by molar-refractivity contribution is 9.10. The fraction of sp³-hybridized carbons (Fsp3) is 0.400. The smallest absolute Gasteiger partial charge is 0.343 e. The second kappa shape index (κ2) is 11.2. The number of hydrogen-bond donors (Lipinski definition) is 2. The lowest BCUT2D eigenvalue weighted by atomic mass is 9.87. The number of nitrogens with one attached hydrogen (secondary N) is 2. The minimum atomic E-state index is -4.59. The van der Waals surface area contributed by atoms with E-state index in [9.17, 15) is 27.6 Å². The van der Waals surface area contributed by atoms with Crippen LogP contribution in [0, 0.1) is 5.92 Å².